The highest BCUT2D eigenvalue weighted by Crippen LogP contribution is 2.24. The van der Waals surface area contributed by atoms with Gasteiger partial charge >= 0.3 is 5.97 Å². The zero-order valence-electron chi connectivity index (χ0n) is 8.94. The summed E-state index contributed by atoms with van der Waals surface area (Å²) in [6.07, 6.45) is 0. The fourth-order valence-corrected chi connectivity index (χ4v) is 1.88. The Labute approximate surface area is 93.9 Å². The maximum Gasteiger partial charge on any atom is 0.335 e. The molecule has 0 unspecified atom stereocenters. The van der Waals surface area contributed by atoms with Gasteiger partial charge in [-0.2, -0.15) is 0 Å². The molecular formula is C11H15N3O2. The van der Waals surface area contributed by atoms with Crippen LogP contribution in [0.25, 0.3) is 0 Å². The number of benzene rings is 1. The molecule has 0 radical (unpaired) electrons. The van der Waals surface area contributed by atoms with Gasteiger partial charge in [0.05, 0.1) is 16.9 Å². The third kappa shape index (κ3) is 2.09. The fraction of sp³-hybridized carbons (Fsp3) is 0.364. The van der Waals surface area contributed by atoms with E-state index in [-0.39, 0.29) is 5.56 Å². The van der Waals surface area contributed by atoms with E-state index in [0.717, 1.165) is 31.9 Å². The number of nitrogen functional groups attached to an aromatic ring is 1. The molecule has 1 heterocycles. The Morgan fingerprint density at radius 3 is 2.62 bits per heavy atom. The minimum atomic E-state index is -0.946. The lowest BCUT2D eigenvalue weighted by Gasteiger charge is -2.30. The van der Waals surface area contributed by atoms with Gasteiger partial charge in [-0.3, -0.25) is 0 Å². The highest BCUT2D eigenvalue weighted by Gasteiger charge is 2.14. The molecule has 0 aliphatic carbocycles. The molecule has 4 N–H and O–H groups in total. The topological polar surface area (TPSA) is 78.6 Å². The molecule has 0 spiro atoms. The van der Waals surface area contributed by atoms with Crippen LogP contribution in [0.5, 0.6) is 0 Å². The number of nitrogens with two attached hydrogens (primary N) is 1. The van der Waals surface area contributed by atoms with Crippen molar-refractivity contribution in [1.29, 1.82) is 0 Å². The largest absolute Gasteiger partial charge is 0.478 e. The van der Waals surface area contributed by atoms with Gasteiger partial charge in [0, 0.05) is 26.2 Å². The second kappa shape index (κ2) is 4.40. The first-order chi connectivity index (χ1) is 7.68. The number of aromatic carboxylic acids is 1. The zero-order valence-corrected chi connectivity index (χ0v) is 8.94. The molecule has 5 heteroatoms. The summed E-state index contributed by atoms with van der Waals surface area (Å²) < 4.78 is 0. The molecule has 1 aliphatic rings. The number of hydrogen-bond donors (Lipinski definition) is 3. The molecule has 1 aromatic carbocycles. The van der Waals surface area contributed by atoms with Crippen molar-refractivity contribution in [3.63, 3.8) is 0 Å². The van der Waals surface area contributed by atoms with E-state index in [0.29, 0.717) is 5.69 Å². The summed E-state index contributed by atoms with van der Waals surface area (Å²) in [7, 11) is 0. The van der Waals surface area contributed by atoms with Crippen molar-refractivity contribution < 1.29 is 9.90 Å². The third-order valence-electron chi connectivity index (χ3n) is 2.73. The quantitative estimate of drug-likeness (QED) is 0.629. The number of hydrogen-bond acceptors (Lipinski definition) is 4. The van der Waals surface area contributed by atoms with E-state index in [2.05, 4.69) is 10.2 Å². The minimum Gasteiger partial charge on any atom is -0.478 e. The van der Waals surface area contributed by atoms with Gasteiger partial charge in [0.2, 0.25) is 0 Å². The highest BCUT2D eigenvalue weighted by molar-refractivity contribution is 5.90. The monoisotopic (exact) mass is 221 g/mol. The molecule has 0 amide bonds. The van der Waals surface area contributed by atoms with Crippen LogP contribution in [0, 0.1) is 0 Å². The highest BCUT2D eigenvalue weighted by atomic mass is 16.4. The number of carbonyl (C=O) groups is 1. The molecule has 1 aromatic rings. The molecule has 16 heavy (non-hydrogen) atoms. The first-order valence-corrected chi connectivity index (χ1v) is 5.27. The van der Waals surface area contributed by atoms with Gasteiger partial charge in [0.25, 0.3) is 0 Å². The molecule has 0 atom stereocenters. The van der Waals surface area contributed by atoms with Crippen molar-refractivity contribution in [3.05, 3.63) is 23.8 Å². The van der Waals surface area contributed by atoms with Gasteiger partial charge < -0.3 is 21.1 Å². The molecule has 2 rings (SSSR count). The summed E-state index contributed by atoms with van der Waals surface area (Å²) in [6.45, 7) is 3.66. The number of rotatable bonds is 2. The normalized spacial score (nSPS) is 16.1. The molecular weight excluding hydrogens is 206 g/mol. The average molecular weight is 221 g/mol. The predicted molar refractivity (Wildman–Crippen MR) is 62.9 cm³/mol. The van der Waals surface area contributed by atoms with Crippen molar-refractivity contribution in [2.24, 2.45) is 0 Å². The fourth-order valence-electron chi connectivity index (χ4n) is 1.88. The van der Waals surface area contributed by atoms with Crippen LogP contribution in [-0.2, 0) is 0 Å². The van der Waals surface area contributed by atoms with Gasteiger partial charge in [-0.25, -0.2) is 4.79 Å². The Hall–Kier alpha value is -1.75. The summed E-state index contributed by atoms with van der Waals surface area (Å²) in [6, 6.07) is 4.89. The van der Waals surface area contributed by atoms with Crippen LogP contribution in [0.2, 0.25) is 0 Å². The van der Waals surface area contributed by atoms with Gasteiger partial charge in [-0.1, -0.05) is 0 Å². The van der Waals surface area contributed by atoms with E-state index in [4.69, 9.17) is 10.8 Å². The van der Waals surface area contributed by atoms with Crippen LogP contribution >= 0.6 is 0 Å². The predicted octanol–water partition coefficient (Wildman–Crippen LogP) is 0.377. The summed E-state index contributed by atoms with van der Waals surface area (Å²) in [4.78, 5) is 12.9. The maximum atomic E-state index is 10.8. The Kier molecular flexibility index (Phi) is 2.96. The van der Waals surface area contributed by atoms with Gasteiger partial charge in [0.15, 0.2) is 0 Å². The first-order valence-electron chi connectivity index (χ1n) is 5.27. The third-order valence-corrected chi connectivity index (χ3v) is 2.73. The summed E-state index contributed by atoms with van der Waals surface area (Å²) in [5.41, 5.74) is 7.55. The number of piperazine rings is 1. The number of anilines is 2. The lowest BCUT2D eigenvalue weighted by Crippen LogP contribution is -2.43. The average Bonchev–Trinajstić information content (AvgIpc) is 2.30. The van der Waals surface area contributed by atoms with Crippen LogP contribution in [0.4, 0.5) is 11.4 Å². The van der Waals surface area contributed by atoms with Gasteiger partial charge in [0.1, 0.15) is 0 Å². The molecule has 0 aromatic heterocycles. The van der Waals surface area contributed by atoms with Crippen LogP contribution in [0.3, 0.4) is 0 Å². The van der Waals surface area contributed by atoms with Crippen molar-refractivity contribution in [1.82, 2.24) is 5.32 Å². The van der Waals surface area contributed by atoms with Crippen LogP contribution in [0.15, 0.2) is 18.2 Å². The number of nitrogens with zero attached hydrogens (tertiary/aromatic N) is 1. The van der Waals surface area contributed by atoms with Crippen molar-refractivity contribution in [2.75, 3.05) is 36.8 Å². The van der Waals surface area contributed by atoms with Gasteiger partial charge in [-0.05, 0) is 18.2 Å². The second-order valence-electron chi connectivity index (χ2n) is 3.82. The van der Waals surface area contributed by atoms with E-state index in [1.807, 2.05) is 0 Å². The van der Waals surface area contributed by atoms with Crippen LogP contribution < -0.4 is 16.0 Å². The lowest BCUT2D eigenvalue weighted by molar-refractivity contribution is 0.0697. The smallest absolute Gasteiger partial charge is 0.335 e. The summed E-state index contributed by atoms with van der Waals surface area (Å²) in [5, 5.41) is 12.1. The summed E-state index contributed by atoms with van der Waals surface area (Å²) in [5.74, 6) is -0.946. The van der Waals surface area contributed by atoms with E-state index in [9.17, 15) is 4.79 Å². The molecule has 1 aliphatic heterocycles. The Bertz CT molecular complexity index is 400. The van der Waals surface area contributed by atoms with Crippen molar-refractivity contribution in [3.8, 4) is 0 Å². The minimum absolute atomic E-state index is 0.233. The summed E-state index contributed by atoms with van der Waals surface area (Å²) >= 11 is 0. The van der Waals surface area contributed by atoms with E-state index >= 15 is 0 Å². The standard InChI is InChI=1S/C11H15N3O2/c12-9-7-8(11(15)16)1-2-10(9)14-5-3-13-4-6-14/h1-2,7,13H,3-6,12H2,(H,15,16). The van der Waals surface area contributed by atoms with Crippen molar-refractivity contribution in [2.45, 2.75) is 0 Å². The molecule has 1 fully saturated rings. The number of carboxylic acids is 1. The molecule has 86 valence electrons. The first kappa shape index (κ1) is 10.8. The van der Waals surface area contributed by atoms with E-state index in [1.165, 1.54) is 6.07 Å². The molecule has 1 saturated heterocycles. The SMILES string of the molecule is Nc1cc(C(=O)O)ccc1N1CCNCC1. The van der Waals surface area contributed by atoms with Gasteiger partial charge in [-0.15, -0.1) is 0 Å². The van der Waals surface area contributed by atoms with E-state index in [1.54, 1.807) is 12.1 Å². The lowest BCUT2D eigenvalue weighted by atomic mass is 10.1. The Morgan fingerprint density at radius 1 is 1.38 bits per heavy atom. The Morgan fingerprint density at radius 2 is 2.06 bits per heavy atom. The van der Waals surface area contributed by atoms with Crippen molar-refractivity contribution >= 4 is 17.3 Å². The van der Waals surface area contributed by atoms with Crippen LogP contribution in [-0.4, -0.2) is 37.3 Å². The molecule has 5 nitrogen and oxygen atoms in total. The van der Waals surface area contributed by atoms with E-state index < -0.39 is 5.97 Å². The number of carboxylic acid groups (broad SMARTS) is 1. The Balaban J connectivity index is 2.24. The molecule has 0 bridgehead atoms. The zero-order chi connectivity index (χ0) is 11.5. The maximum absolute atomic E-state index is 10.8. The van der Waals surface area contributed by atoms with Crippen LogP contribution in [0.1, 0.15) is 10.4 Å². The second-order valence-corrected chi connectivity index (χ2v) is 3.82. The number of nitrogens with one attached hydrogen (secondary N) is 1. The molecule has 0 saturated carbocycles.